The van der Waals surface area contributed by atoms with E-state index in [1.165, 1.54) is 6.08 Å². The molecule has 0 saturated carbocycles. The third-order valence-corrected chi connectivity index (χ3v) is 4.51. The Morgan fingerprint density at radius 1 is 1.13 bits per heavy atom. The summed E-state index contributed by atoms with van der Waals surface area (Å²) in [6, 6.07) is 11.0. The van der Waals surface area contributed by atoms with E-state index in [-0.39, 0.29) is 11.8 Å². The van der Waals surface area contributed by atoms with Gasteiger partial charge in [0.2, 0.25) is 5.91 Å². The Morgan fingerprint density at radius 2 is 1.83 bits per heavy atom. The summed E-state index contributed by atoms with van der Waals surface area (Å²) in [6.07, 6.45) is 3.15. The summed E-state index contributed by atoms with van der Waals surface area (Å²) in [6.45, 7) is 5.90. The van der Waals surface area contributed by atoms with Gasteiger partial charge >= 0.3 is 0 Å². The van der Waals surface area contributed by atoms with Crippen LogP contribution in [0.1, 0.15) is 36.7 Å². The predicted octanol–water partition coefficient (Wildman–Crippen LogP) is 4.84. The maximum atomic E-state index is 12.6. The van der Waals surface area contributed by atoms with Gasteiger partial charge in [0.05, 0.1) is 25.5 Å². The maximum Gasteiger partial charge on any atom is 0.260 e. The van der Waals surface area contributed by atoms with Crippen molar-refractivity contribution in [2.45, 2.75) is 26.7 Å². The van der Waals surface area contributed by atoms with Crippen LogP contribution in [0.3, 0.4) is 0 Å². The van der Waals surface area contributed by atoms with Gasteiger partial charge in [-0.15, -0.1) is 0 Å². The second-order valence-electron chi connectivity index (χ2n) is 7.08. The average molecular weight is 407 g/mol. The van der Waals surface area contributed by atoms with Gasteiger partial charge in [-0.05, 0) is 42.3 Å². The third kappa shape index (κ3) is 4.86. The third-order valence-electron chi connectivity index (χ3n) is 4.51. The number of methoxy groups -OCH3 is 2. The summed E-state index contributed by atoms with van der Waals surface area (Å²) >= 11 is 0. The van der Waals surface area contributed by atoms with Crippen molar-refractivity contribution in [2.75, 3.05) is 19.5 Å². The lowest BCUT2D eigenvalue weighted by Gasteiger charge is -2.10. The van der Waals surface area contributed by atoms with Crippen molar-refractivity contribution in [1.29, 1.82) is 0 Å². The minimum atomic E-state index is -0.282. The van der Waals surface area contributed by atoms with Gasteiger partial charge in [-0.25, -0.2) is 0 Å². The van der Waals surface area contributed by atoms with Crippen LogP contribution in [0.15, 0.2) is 47.0 Å². The topological polar surface area (TPSA) is 86.5 Å². The highest BCUT2D eigenvalue weighted by Crippen LogP contribution is 2.30. The van der Waals surface area contributed by atoms with Gasteiger partial charge in [0.1, 0.15) is 11.5 Å². The molecule has 2 aromatic carbocycles. The van der Waals surface area contributed by atoms with E-state index in [0.29, 0.717) is 34.5 Å². The smallest absolute Gasteiger partial charge is 0.260 e. The molecule has 0 radical (unpaired) electrons. The normalized spacial score (nSPS) is 11.1. The average Bonchev–Trinajstić information content (AvgIpc) is 3.24. The zero-order valence-corrected chi connectivity index (χ0v) is 17.7. The van der Waals surface area contributed by atoms with E-state index >= 15 is 0 Å². The molecular weight excluding hydrogens is 382 g/mol. The fourth-order valence-corrected chi connectivity index (χ4v) is 2.85. The quantitative estimate of drug-likeness (QED) is 0.564. The number of hydrogen-bond acceptors (Lipinski definition) is 6. The van der Waals surface area contributed by atoms with Gasteiger partial charge in [0.15, 0.2) is 5.82 Å². The van der Waals surface area contributed by atoms with Crippen LogP contribution in [0.25, 0.3) is 17.5 Å². The molecule has 30 heavy (non-hydrogen) atoms. The molecule has 7 nitrogen and oxygen atoms in total. The minimum Gasteiger partial charge on any atom is -0.497 e. The lowest BCUT2D eigenvalue weighted by molar-refractivity contribution is -0.111. The molecule has 0 fully saturated rings. The SMILES string of the molecule is COc1cc(/C=C/C(=O)Nc2c(C)cccc2-c2nc(C(C)C)no2)cc(OC)c1. The van der Waals surface area contributed by atoms with Gasteiger partial charge in [-0.2, -0.15) is 4.98 Å². The van der Waals surface area contributed by atoms with Crippen molar-refractivity contribution < 1.29 is 18.8 Å². The molecule has 0 aliphatic carbocycles. The number of hydrogen-bond donors (Lipinski definition) is 1. The van der Waals surface area contributed by atoms with Crippen LogP contribution in [0.5, 0.6) is 11.5 Å². The molecule has 1 aromatic heterocycles. The van der Waals surface area contributed by atoms with E-state index in [2.05, 4.69) is 15.5 Å². The molecule has 0 atom stereocenters. The Labute approximate surface area is 175 Å². The van der Waals surface area contributed by atoms with Crippen LogP contribution >= 0.6 is 0 Å². The number of rotatable bonds is 7. The number of ether oxygens (including phenoxy) is 2. The van der Waals surface area contributed by atoms with Crippen molar-refractivity contribution in [3.05, 3.63) is 59.4 Å². The Kier molecular flexibility index (Phi) is 6.51. The Hall–Kier alpha value is -3.61. The van der Waals surface area contributed by atoms with Crippen molar-refractivity contribution in [3.8, 4) is 23.0 Å². The predicted molar refractivity (Wildman–Crippen MR) is 116 cm³/mol. The van der Waals surface area contributed by atoms with Crippen molar-refractivity contribution in [2.24, 2.45) is 0 Å². The highest BCUT2D eigenvalue weighted by Gasteiger charge is 2.17. The standard InChI is InChI=1S/C23H25N3O4/c1-14(2)22-25-23(30-26-22)19-8-6-7-15(3)21(19)24-20(27)10-9-16-11-17(28-4)13-18(12-16)29-5/h6-14H,1-5H3,(H,24,27)/b10-9+. The molecule has 1 amide bonds. The summed E-state index contributed by atoms with van der Waals surface area (Å²) in [4.78, 5) is 17.1. The van der Waals surface area contributed by atoms with Crippen molar-refractivity contribution in [3.63, 3.8) is 0 Å². The van der Waals surface area contributed by atoms with Crippen LogP contribution in [0.2, 0.25) is 0 Å². The van der Waals surface area contributed by atoms with Crippen LogP contribution < -0.4 is 14.8 Å². The second-order valence-corrected chi connectivity index (χ2v) is 7.08. The minimum absolute atomic E-state index is 0.146. The van der Waals surface area contributed by atoms with Gasteiger partial charge in [-0.1, -0.05) is 31.1 Å². The van der Waals surface area contributed by atoms with E-state index < -0.39 is 0 Å². The first-order valence-electron chi connectivity index (χ1n) is 9.57. The molecule has 1 N–H and O–H groups in total. The zero-order valence-electron chi connectivity index (χ0n) is 17.7. The molecule has 0 bridgehead atoms. The highest BCUT2D eigenvalue weighted by atomic mass is 16.5. The maximum absolute atomic E-state index is 12.6. The number of carbonyl (C=O) groups excluding carboxylic acids is 1. The number of amides is 1. The van der Waals surface area contributed by atoms with Gasteiger partial charge in [-0.3, -0.25) is 4.79 Å². The highest BCUT2D eigenvalue weighted by molar-refractivity contribution is 6.04. The summed E-state index contributed by atoms with van der Waals surface area (Å²) in [7, 11) is 3.16. The fourth-order valence-electron chi connectivity index (χ4n) is 2.85. The van der Waals surface area contributed by atoms with Crippen LogP contribution in [-0.4, -0.2) is 30.3 Å². The van der Waals surface area contributed by atoms with E-state index in [1.54, 1.807) is 26.4 Å². The van der Waals surface area contributed by atoms with E-state index in [9.17, 15) is 4.79 Å². The van der Waals surface area contributed by atoms with Gasteiger partial charge in [0, 0.05) is 18.1 Å². The fraction of sp³-hybridized carbons (Fsp3) is 0.261. The lowest BCUT2D eigenvalue weighted by Crippen LogP contribution is -2.10. The molecule has 156 valence electrons. The number of nitrogens with zero attached hydrogens (tertiary/aromatic N) is 2. The number of nitrogens with one attached hydrogen (secondary N) is 1. The number of aromatic nitrogens is 2. The number of anilines is 1. The molecule has 0 aliphatic rings. The van der Waals surface area contributed by atoms with E-state index in [1.807, 2.05) is 51.1 Å². The van der Waals surface area contributed by atoms with Crippen LogP contribution in [0, 0.1) is 6.92 Å². The molecule has 7 heteroatoms. The summed E-state index contributed by atoms with van der Waals surface area (Å²) in [5, 5.41) is 6.94. The molecule has 0 spiro atoms. The molecule has 0 unspecified atom stereocenters. The van der Waals surface area contributed by atoms with Crippen molar-refractivity contribution in [1.82, 2.24) is 10.1 Å². The first kappa shape index (κ1) is 21.1. The van der Waals surface area contributed by atoms with Crippen LogP contribution in [-0.2, 0) is 4.79 Å². The number of aryl methyl sites for hydroxylation is 1. The summed E-state index contributed by atoms with van der Waals surface area (Å²) < 4.78 is 15.9. The molecule has 3 aromatic rings. The largest absolute Gasteiger partial charge is 0.497 e. The first-order valence-corrected chi connectivity index (χ1v) is 9.57. The second kappa shape index (κ2) is 9.26. The number of benzene rings is 2. The molecule has 3 rings (SSSR count). The monoisotopic (exact) mass is 407 g/mol. The van der Waals surface area contributed by atoms with Crippen LogP contribution in [0.4, 0.5) is 5.69 Å². The van der Waals surface area contributed by atoms with Crippen molar-refractivity contribution >= 4 is 17.7 Å². The summed E-state index contributed by atoms with van der Waals surface area (Å²) in [5.74, 6) is 2.15. The lowest BCUT2D eigenvalue weighted by atomic mass is 10.1. The number of carbonyl (C=O) groups is 1. The number of para-hydroxylation sites is 1. The Morgan fingerprint density at radius 3 is 2.43 bits per heavy atom. The molecular formula is C23H25N3O4. The molecule has 1 heterocycles. The van der Waals surface area contributed by atoms with Gasteiger partial charge in [0.25, 0.3) is 5.89 Å². The van der Waals surface area contributed by atoms with E-state index in [4.69, 9.17) is 14.0 Å². The Balaban J connectivity index is 1.84. The first-order chi connectivity index (χ1) is 14.4. The Bertz CT molecular complexity index is 1050. The van der Waals surface area contributed by atoms with E-state index in [0.717, 1.165) is 11.1 Å². The van der Waals surface area contributed by atoms with Gasteiger partial charge < -0.3 is 19.3 Å². The zero-order chi connectivity index (χ0) is 21.7. The molecule has 0 aliphatic heterocycles. The summed E-state index contributed by atoms with van der Waals surface area (Å²) in [5.41, 5.74) is 2.99. The molecule has 0 saturated heterocycles.